The van der Waals surface area contributed by atoms with Crippen molar-refractivity contribution in [2.24, 2.45) is 7.05 Å². The van der Waals surface area contributed by atoms with Gasteiger partial charge in [-0.05, 0) is 36.2 Å². The molecule has 9 heteroatoms. The largest absolute Gasteiger partial charge is 0.348 e. The molecule has 124 valence electrons. The van der Waals surface area contributed by atoms with Gasteiger partial charge in [0.25, 0.3) is 0 Å². The lowest BCUT2D eigenvalue weighted by atomic mass is 10.1. The topological polar surface area (TPSA) is 80.5 Å². The van der Waals surface area contributed by atoms with Gasteiger partial charge in [0.05, 0.1) is 12.4 Å². The first kappa shape index (κ1) is 16.1. The average Bonchev–Trinajstić information content (AvgIpc) is 2.92. The van der Waals surface area contributed by atoms with Crippen molar-refractivity contribution < 1.29 is 4.39 Å². The van der Waals surface area contributed by atoms with Gasteiger partial charge >= 0.3 is 0 Å². The lowest BCUT2D eigenvalue weighted by molar-refractivity contribution is 0.626. The number of nitrogens with zero attached hydrogens (tertiary/aromatic N) is 5. The molecule has 3 aromatic rings. The quantitative estimate of drug-likeness (QED) is 0.737. The standard InChI is InChI=1S/C15H15ClFN7/c1-9(10-3-5-11(17)6-4-10)19-14-21-13(16)22-15(23-14)20-12-7-24(2)8-18-12/h3-9H,1-2H3,(H2,19,20,21,22,23)/t9-/m0/s1. The molecule has 0 fully saturated rings. The smallest absolute Gasteiger partial charge is 0.234 e. The van der Waals surface area contributed by atoms with Crippen LogP contribution in [0.2, 0.25) is 5.28 Å². The highest BCUT2D eigenvalue weighted by molar-refractivity contribution is 6.28. The predicted molar refractivity (Wildman–Crippen MR) is 89.8 cm³/mol. The van der Waals surface area contributed by atoms with E-state index in [0.29, 0.717) is 11.8 Å². The van der Waals surface area contributed by atoms with Crippen LogP contribution in [0.3, 0.4) is 0 Å². The molecule has 0 unspecified atom stereocenters. The molecule has 0 aliphatic carbocycles. The summed E-state index contributed by atoms with van der Waals surface area (Å²) < 4.78 is 14.8. The van der Waals surface area contributed by atoms with Gasteiger partial charge in [-0.3, -0.25) is 0 Å². The van der Waals surface area contributed by atoms with Gasteiger partial charge < -0.3 is 15.2 Å². The van der Waals surface area contributed by atoms with E-state index in [4.69, 9.17) is 11.6 Å². The number of rotatable bonds is 5. The Bertz CT molecular complexity index is 834. The van der Waals surface area contributed by atoms with Crippen molar-refractivity contribution in [1.82, 2.24) is 24.5 Å². The summed E-state index contributed by atoms with van der Waals surface area (Å²) in [7, 11) is 1.86. The SMILES string of the molecule is C[C@H](Nc1nc(Cl)nc(Nc2cn(C)cn2)n1)c1ccc(F)cc1. The van der Waals surface area contributed by atoms with Gasteiger partial charge in [0.2, 0.25) is 17.2 Å². The highest BCUT2D eigenvalue weighted by atomic mass is 35.5. The van der Waals surface area contributed by atoms with E-state index in [1.807, 2.05) is 14.0 Å². The second-order valence-electron chi connectivity index (χ2n) is 5.22. The first-order chi connectivity index (χ1) is 11.5. The number of hydrogen-bond donors (Lipinski definition) is 2. The molecule has 2 heterocycles. The highest BCUT2D eigenvalue weighted by Gasteiger charge is 2.11. The molecule has 1 aromatic carbocycles. The van der Waals surface area contributed by atoms with E-state index in [2.05, 4.69) is 30.6 Å². The van der Waals surface area contributed by atoms with Crippen LogP contribution in [0.25, 0.3) is 0 Å². The van der Waals surface area contributed by atoms with Crippen molar-refractivity contribution >= 4 is 29.3 Å². The molecule has 0 aliphatic heterocycles. The number of anilines is 3. The third-order valence-corrected chi connectivity index (χ3v) is 3.44. The average molecular weight is 348 g/mol. The van der Waals surface area contributed by atoms with Crippen molar-refractivity contribution in [2.45, 2.75) is 13.0 Å². The van der Waals surface area contributed by atoms with Crippen LogP contribution < -0.4 is 10.6 Å². The minimum absolute atomic E-state index is 0.0530. The number of aryl methyl sites for hydroxylation is 1. The Balaban J connectivity index is 1.76. The van der Waals surface area contributed by atoms with Crippen LogP contribution in [0.5, 0.6) is 0 Å². The van der Waals surface area contributed by atoms with Crippen LogP contribution in [0, 0.1) is 5.82 Å². The Labute approximate surface area is 143 Å². The number of aromatic nitrogens is 5. The maximum atomic E-state index is 13.0. The molecule has 0 spiro atoms. The zero-order chi connectivity index (χ0) is 17.1. The number of hydrogen-bond acceptors (Lipinski definition) is 6. The highest BCUT2D eigenvalue weighted by Crippen LogP contribution is 2.19. The first-order valence-electron chi connectivity index (χ1n) is 7.18. The fraction of sp³-hybridized carbons (Fsp3) is 0.200. The first-order valence-corrected chi connectivity index (χ1v) is 7.56. The van der Waals surface area contributed by atoms with Gasteiger partial charge in [0.15, 0.2) is 5.82 Å². The second kappa shape index (κ2) is 6.79. The molecule has 3 rings (SSSR count). The minimum atomic E-state index is -0.281. The van der Waals surface area contributed by atoms with Crippen molar-refractivity contribution in [1.29, 1.82) is 0 Å². The van der Waals surface area contributed by atoms with Crippen LogP contribution in [0.4, 0.5) is 22.1 Å². The molecule has 7 nitrogen and oxygen atoms in total. The number of benzene rings is 1. The van der Waals surface area contributed by atoms with Crippen molar-refractivity contribution in [3.63, 3.8) is 0 Å². The third kappa shape index (κ3) is 3.96. The Morgan fingerprint density at radius 2 is 1.83 bits per heavy atom. The molecule has 2 aromatic heterocycles. The molecule has 2 N–H and O–H groups in total. The van der Waals surface area contributed by atoms with E-state index in [1.54, 1.807) is 29.2 Å². The van der Waals surface area contributed by atoms with Crippen LogP contribution in [-0.2, 0) is 7.05 Å². The molecule has 0 saturated heterocycles. The molecule has 0 aliphatic rings. The number of halogens is 2. The van der Waals surface area contributed by atoms with Crippen molar-refractivity contribution in [3.8, 4) is 0 Å². The summed E-state index contributed by atoms with van der Waals surface area (Å²) in [6.45, 7) is 1.91. The van der Waals surface area contributed by atoms with Crippen LogP contribution in [0.15, 0.2) is 36.8 Å². The van der Waals surface area contributed by atoms with Crippen molar-refractivity contribution in [2.75, 3.05) is 10.6 Å². The van der Waals surface area contributed by atoms with Crippen LogP contribution >= 0.6 is 11.6 Å². The molecule has 1 atom stereocenters. The van der Waals surface area contributed by atoms with Gasteiger partial charge in [0, 0.05) is 13.2 Å². The van der Waals surface area contributed by atoms with Gasteiger partial charge in [-0.2, -0.15) is 15.0 Å². The summed E-state index contributed by atoms with van der Waals surface area (Å²) in [5.41, 5.74) is 0.896. The maximum Gasteiger partial charge on any atom is 0.234 e. The maximum absolute atomic E-state index is 13.0. The van der Waals surface area contributed by atoms with Gasteiger partial charge in [-0.1, -0.05) is 12.1 Å². The Hall–Kier alpha value is -2.74. The summed E-state index contributed by atoms with van der Waals surface area (Å²) in [5, 5.41) is 6.13. The van der Waals surface area contributed by atoms with Gasteiger partial charge in [-0.15, -0.1) is 0 Å². The molecule has 0 bridgehead atoms. The minimum Gasteiger partial charge on any atom is -0.348 e. The van der Waals surface area contributed by atoms with E-state index in [9.17, 15) is 4.39 Å². The normalized spacial score (nSPS) is 12.0. The molecule has 0 radical (unpaired) electrons. The van der Waals surface area contributed by atoms with E-state index >= 15 is 0 Å². The summed E-state index contributed by atoms with van der Waals surface area (Å²) in [6.07, 6.45) is 3.44. The lowest BCUT2D eigenvalue weighted by Gasteiger charge is -2.14. The molecule has 24 heavy (non-hydrogen) atoms. The zero-order valence-corrected chi connectivity index (χ0v) is 13.8. The van der Waals surface area contributed by atoms with Gasteiger partial charge in [0.1, 0.15) is 5.82 Å². The lowest BCUT2D eigenvalue weighted by Crippen LogP contribution is -2.11. The summed E-state index contributed by atoms with van der Waals surface area (Å²) in [5.74, 6) is 0.904. The van der Waals surface area contributed by atoms with Crippen molar-refractivity contribution in [3.05, 3.63) is 53.5 Å². The second-order valence-corrected chi connectivity index (χ2v) is 5.56. The Kier molecular flexibility index (Phi) is 4.57. The third-order valence-electron chi connectivity index (χ3n) is 3.27. The molecular formula is C15H15ClFN7. The van der Waals surface area contributed by atoms with E-state index in [1.165, 1.54) is 12.1 Å². The summed E-state index contributed by atoms with van der Waals surface area (Å²) in [4.78, 5) is 16.5. The fourth-order valence-corrected chi connectivity index (χ4v) is 2.25. The zero-order valence-electron chi connectivity index (χ0n) is 13.0. The molecular weight excluding hydrogens is 333 g/mol. The van der Waals surface area contributed by atoms with Gasteiger partial charge in [-0.25, -0.2) is 9.37 Å². The number of nitrogens with one attached hydrogen (secondary N) is 2. The molecule has 0 saturated carbocycles. The van der Waals surface area contributed by atoms with E-state index in [-0.39, 0.29) is 23.1 Å². The van der Waals surface area contributed by atoms with E-state index < -0.39 is 0 Å². The summed E-state index contributed by atoms with van der Waals surface area (Å²) in [6, 6.07) is 6.07. The monoisotopic (exact) mass is 347 g/mol. The van der Waals surface area contributed by atoms with Crippen LogP contribution in [0.1, 0.15) is 18.5 Å². The van der Waals surface area contributed by atoms with Crippen LogP contribution in [-0.4, -0.2) is 24.5 Å². The summed E-state index contributed by atoms with van der Waals surface area (Å²) >= 11 is 5.95. The van der Waals surface area contributed by atoms with E-state index in [0.717, 1.165) is 5.56 Å². The fourth-order valence-electron chi connectivity index (χ4n) is 2.09. The predicted octanol–water partition coefficient (Wildman–Crippen LogP) is 3.31. The Morgan fingerprint density at radius 3 is 2.50 bits per heavy atom. The number of imidazole rings is 1. The Morgan fingerprint density at radius 1 is 1.12 bits per heavy atom. The molecule has 0 amide bonds.